The Hall–Kier alpha value is -1.34. The first-order valence-corrected chi connectivity index (χ1v) is 2.84. The van der Waals surface area contributed by atoms with Gasteiger partial charge in [0.15, 0.2) is 0 Å². The van der Waals surface area contributed by atoms with E-state index in [1.807, 2.05) is 0 Å². The van der Waals surface area contributed by atoms with Crippen LogP contribution in [0, 0.1) is 0 Å². The van der Waals surface area contributed by atoms with E-state index in [2.05, 4.69) is 51.5 Å². The molecule has 0 aliphatic carbocycles. The molecule has 0 atom stereocenters. The SMILES string of the molecule is N(=Nc1nn[nH]n1)c1nn[nH]n1.[Pb]. The largest absolute Gasteiger partial charge is 0.307 e. The van der Waals surface area contributed by atoms with E-state index in [0.29, 0.717) is 0 Å². The van der Waals surface area contributed by atoms with Crippen molar-refractivity contribution in [3.05, 3.63) is 0 Å². The van der Waals surface area contributed by atoms with Gasteiger partial charge in [-0.3, -0.25) is 0 Å². The van der Waals surface area contributed by atoms with Gasteiger partial charge in [0.1, 0.15) is 0 Å². The summed E-state index contributed by atoms with van der Waals surface area (Å²) < 4.78 is 0. The molecule has 11 heteroatoms. The van der Waals surface area contributed by atoms with Crippen LogP contribution >= 0.6 is 0 Å². The first-order valence-electron chi connectivity index (χ1n) is 2.84. The molecule has 0 aliphatic heterocycles. The van der Waals surface area contributed by atoms with Crippen molar-refractivity contribution in [1.82, 2.24) is 41.2 Å². The summed E-state index contributed by atoms with van der Waals surface area (Å²) in [6, 6.07) is 0. The third kappa shape index (κ3) is 2.56. The van der Waals surface area contributed by atoms with E-state index in [1.165, 1.54) is 0 Å². The second kappa shape index (κ2) is 4.63. The van der Waals surface area contributed by atoms with E-state index < -0.39 is 0 Å². The predicted octanol–water partition coefficient (Wildman–Crippen LogP) is -1.25. The van der Waals surface area contributed by atoms with Gasteiger partial charge in [0.2, 0.25) is 0 Å². The number of H-pyrrole nitrogens is 2. The van der Waals surface area contributed by atoms with Crippen molar-refractivity contribution in [2.75, 3.05) is 0 Å². The number of rotatable bonds is 2. The van der Waals surface area contributed by atoms with Crippen molar-refractivity contribution in [3.8, 4) is 0 Å². The number of hydrogen-bond donors (Lipinski definition) is 2. The quantitative estimate of drug-likeness (QED) is 0.499. The predicted molar refractivity (Wildman–Crippen MR) is 38.3 cm³/mol. The molecule has 4 radical (unpaired) electrons. The molecule has 2 N–H and O–H groups in total. The summed E-state index contributed by atoms with van der Waals surface area (Å²) in [6.45, 7) is 0. The molecule has 10 nitrogen and oxygen atoms in total. The molecule has 2 heterocycles. The van der Waals surface area contributed by atoms with E-state index in [0.717, 1.165) is 0 Å². The van der Waals surface area contributed by atoms with Crippen LogP contribution in [0.15, 0.2) is 10.2 Å². The molecule has 0 bridgehead atoms. The van der Waals surface area contributed by atoms with Crippen LogP contribution < -0.4 is 0 Å². The number of aromatic amines is 2. The van der Waals surface area contributed by atoms with Crippen LogP contribution in [-0.4, -0.2) is 68.5 Å². The second-order valence-electron chi connectivity index (χ2n) is 1.62. The molecule has 0 aliphatic rings. The van der Waals surface area contributed by atoms with Gasteiger partial charge in [-0.25, -0.2) is 0 Å². The van der Waals surface area contributed by atoms with Gasteiger partial charge < -0.3 is 0 Å². The third-order valence-corrected chi connectivity index (χ3v) is 0.897. The molecule has 0 fully saturated rings. The van der Waals surface area contributed by atoms with Crippen molar-refractivity contribution in [3.63, 3.8) is 0 Å². The average molecular weight is 373 g/mol. The molecule has 0 amide bonds. The fourth-order valence-electron chi connectivity index (χ4n) is 0.487. The minimum absolute atomic E-state index is 0. The Bertz CT molecular complexity index is 310. The van der Waals surface area contributed by atoms with Crippen LogP contribution in [0.4, 0.5) is 11.9 Å². The van der Waals surface area contributed by atoms with Gasteiger partial charge in [-0.05, 0) is 10.4 Å². The smallest absolute Gasteiger partial charge is 0.175 e. The van der Waals surface area contributed by atoms with E-state index in [-0.39, 0.29) is 39.2 Å². The summed E-state index contributed by atoms with van der Waals surface area (Å²) in [4.78, 5) is 0. The summed E-state index contributed by atoms with van der Waals surface area (Å²) in [5.41, 5.74) is 0. The fourth-order valence-corrected chi connectivity index (χ4v) is 0.487. The van der Waals surface area contributed by atoms with Gasteiger partial charge in [-0.1, -0.05) is 10.2 Å². The van der Waals surface area contributed by atoms with Crippen LogP contribution in [0.2, 0.25) is 0 Å². The molecule has 2 aromatic heterocycles. The summed E-state index contributed by atoms with van der Waals surface area (Å²) in [5, 5.41) is 32.1. The number of nitrogens with one attached hydrogen (secondary N) is 2. The zero-order valence-corrected chi connectivity index (χ0v) is 9.97. The molecule has 0 aromatic carbocycles. The van der Waals surface area contributed by atoms with Gasteiger partial charge >= 0.3 is 11.9 Å². The normalized spacial score (nSPS) is 10.2. The average Bonchev–Trinajstić information content (AvgIpc) is 2.74. The molecular formula is C2H2N10Pb. The number of hydrogen-bond acceptors (Lipinski definition) is 8. The van der Waals surface area contributed by atoms with Crippen LogP contribution in [0.3, 0.4) is 0 Å². The Kier molecular flexibility index (Phi) is 3.47. The maximum Gasteiger partial charge on any atom is 0.307 e. The van der Waals surface area contributed by atoms with Gasteiger partial charge in [0.05, 0.1) is 0 Å². The minimum Gasteiger partial charge on any atom is -0.175 e. The summed E-state index contributed by atoms with van der Waals surface area (Å²) in [6.07, 6.45) is 0. The third-order valence-electron chi connectivity index (χ3n) is 0.897. The number of tetrazole rings is 2. The number of nitrogens with zero attached hydrogens (tertiary/aromatic N) is 8. The summed E-state index contributed by atoms with van der Waals surface area (Å²) in [7, 11) is 0. The summed E-state index contributed by atoms with van der Waals surface area (Å²) in [5.74, 6) is 0.222. The summed E-state index contributed by atoms with van der Waals surface area (Å²) >= 11 is 0. The van der Waals surface area contributed by atoms with Gasteiger partial charge in [-0.2, -0.15) is 10.4 Å². The van der Waals surface area contributed by atoms with Crippen LogP contribution in [0.1, 0.15) is 0 Å². The Morgan fingerprint density at radius 1 is 0.846 bits per heavy atom. The first-order chi connectivity index (χ1) is 5.95. The standard InChI is InChI=1S/C2H2N10.Pb/c3(1-5-9-10-6-1)4-2-7-11-12-8-2;/h(H,5,6,9,10)(H,7,8,11,12);. The van der Waals surface area contributed by atoms with E-state index in [1.54, 1.807) is 0 Å². The van der Waals surface area contributed by atoms with Crippen LogP contribution in [0.5, 0.6) is 0 Å². The van der Waals surface area contributed by atoms with Gasteiger partial charge in [-0.15, -0.1) is 20.4 Å². The monoisotopic (exact) mass is 374 g/mol. The topological polar surface area (TPSA) is 134 Å². The van der Waals surface area contributed by atoms with Crippen molar-refractivity contribution in [2.24, 2.45) is 10.2 Å². The minimum atomic E-state index is 0. The Morgan fingerprint density at radius 2 is 1.31 bits per heavy atom. The fraction of sp³-hybridized carbons (Fsp3) is 0. The van der Waals surface area contributed by atoms with Crippen molar-refractivity contribution in [2.45, 2.75) is 0 Å². The zero-order valence-electron chi connectivity index (χ0n) is 6.08. The van der Waals surface area contributed by atoms with E-state index >= 15 is 0 Å². The molecule has 13 heavy (non-hydrogen) atoms. The number of azo groups is 1. The Morgan fingerprint density at radius 3 is 1.62 bits per heavy atom. The molecule has 0 unspecified atom stereocenters. The molecule has 0 spiro atoms. The van der Waals surface area contributed by atoms with Crippen molar-refractivity contribution < 1.29 is 0 Å². The van der Waals surface area contributed by atoms with Gasteiger partial charge in [0.25, 0.3) is 0 Å². The Labute approximate surface area is 90.8 Å². The van der Waals surface area contributed by atoms with E-state index in [4.69, 9.17) is 0 Å². The van der Waals surface area contributed by atoms with E-state index in [9.17, 15) is 0 Å². The first kappa shape index (κ1) is 9.75. The van der Waals surface area contributed by atoms with Crippen molar-refractivity contribution in [1.29, 1.82) is 0 Å². The second-order valence-corrected chi connectivity index (χ2v) is 1.62. The molecular weight excluding hydrogens is 371 g/mol. The maximum absolute atomic E-state index is 3.53. The van der Waals surface area contributed by atoms with Crippen molar-refractivity contribution >= 4 is 39.2 Å². The number of aromatic nitrogens is 8. The molecule has 0 saturated heterocycles. The zero-order chi connectivity index (χ0) is 8.23. The van der Waals surface area contributed by atoms with Crippen LogP contribution in [-0.2, 0) is 0 Å². The van der Waals surface area contributed by atoms with Gasteiger partial charge in [0, 0.05) is 27.3 Å². The molecule has 64 valence electrons. The Balaban J connectivity index is 0.000000845. The molecule has 2 aromatic rings. The molecule has 2 rings (SSSR count). The van der Waals surface area contributed by atoms with Crippen LogP contribution in [0.25, 0.3) is 0 Å². The maximum atomic E-state index is 3.53. The molecule has 0 saturated carbocycles.